The lowest BCUT2D eigenvalue weighted by atomic mass is 9.94. The molecular weight excluding hydrogens is 148 g/mol. The van der Waals surface area contributed by atoms with E-state index in [9.17, 15) is 0 Å². The SMILES string of the molecule is C=C(C)[C@@H](CO)c1ccccc1. The fourth-order valence-corrected chi connectivity index (χ4v) is 1.23. The fraction of sp³-hybridized carbons (Fsp3) is 0.273. The van der Waals surface area contributed by atoms with E-state index < -0.39 is 0 Å². The Morgan fingerprint density at radius 3 is 2.42 bits per heavy atom. The molecule has 0 fully saturated rings. The molecule has 0 aliphatic heterocycles. The van der Waals surface area contributed by atoms with Crippen LogP contribution < -0.4 is 0 Å². The van der Waals surface area contributed by atoms with Crippen LogP contribution in [0.5, 0.6) is 0 Å². The summed E-state index contributed by atoms with van der Waals surface area (Å²) in [5, 5.41) is 9.09. The van der Waals surface area contributed by atoms with E-state index in [1.807, 2.05) is 37.3 Å². The standard InChI is InChI=1S/C11H14O/c1-9(2)11(8-12)10-6-4-3-5-7-10/h3-7,11-12H,1,8H2,2H3/t11-/m1/s1. The van der Waals surface area contributed by atoms with E-state index in [1.165, 1.54) is 0 Å². The van der Waals surface area contributed by atoms with E-state index in [4.69, 9.17) is 5.11 Å². The van der Waals surface area contributed by atoms with Crippen LogP contribution in [0.15, 0.2) is 42.5 Å². The number of aliphatic hydroxyl groups is 1. The maximum absolute atomic E-state index is 9.09. The van der Waals surface area contributed by atoms with Crippen molar-refractivity contribution in [1.29, 1.82) is 0 Å². The van der Waals surface area contributed by atoms with Crippen LogP contribution in [0.1, 0.15) is 18.4 Å². The van der Waals surface area contributed by atoms with E-state index in [0.29, 0.717) is 0 Å². The first kappa shape index (κ1) is 9.01. The Balaban J connectivity index is 2.88. The van der Waals surface area contributed by atoms with Crippen molar-refractivity contribution in [3.63, 3.8) is 0 Å². The third-order valence-electron chi connectivity index (χ3n) is 1.98. The van der Waals surface area contributed by atoms with Crippen LogP contribution in [0, 0.1) is 0 Å². The summed E-state index contributed by atoms with van der Waals surface area (Å²) in [4.78, 5) is 0. The Labute approximate surface area is 73.4 Å². The fourth-order valence-electron chi connectivity index (χ4n) is 1.23. The van der Waals surface area contributed by atoms with Gasteiger partial charge in [0.05, 0.1) is 6.61 Å². The Kier molecular flexibility index (Phi) is 3.06. The summed E-state index contributed by atoms with van der Waals surface area (Å²) < 4.78 is 0. The lowest BCUT2D eigenvalue weighted by Crippen LogP contribution is -2.04. The van der Waals surface area contributed by atoms with Crippen LogP contribution in [0.2, 0.25) is 0 Å². The molecule has 0 saturated heterocycles. The molecule has 1 aromatic rings. The van der Waals surface area contributed by atoms with Gasteiger partial charge in [-0.25, -0.2) is 0 Å². The number of rotatable bonds is 3. The van der Waals surface area contributed by atoms with Gasteiger partial charge in [0.15, 0.2) is 0 Å². The Morgan fingerprint density at radius 1 is 1.42 bits per heavy atom. The van der Waals surface area contributed by atoms with Crippen molar-refractivity contribution in [2.45, 2.75) is 12.8 Å². The minimum Gasteiger partial charge on any atom is -0.395 e. The number of hydrogen-bond acceptors (Lipinski definition) is 1. The molecule has 0 amide bonds. The van der Waals surface area contributed by atoms with Crippen molar-refractivity contribution in [1.82, 2.24) is 0 Å². The van der Waals surface area contributed by atoms with Crippen molar-refractivity contribution in [2.75, 3.05) is 6.61 Å². The van der Waals surface area contributed by atoms with Crippen molar-refractivity contribution in [3.8, 4) is 0 Å². The molecule has 1 N–H and O–H groups in total. The predicted molar refractivity (Wildman–Crippen MR) is 51.1 cm³/mol. The quantitative estimate of drug-likeness (QED) is 0.676. The van der Waals surface area contributed by atoms with Gasteiger partial charge in [-0.05, 0) is 12.5 Å². The van der Waals surface area contributed by atoms with E-state index in [-0.39, 0.29) is 12.5 Å². The Morgan fingerprint density at radius 2 is 2.00 bits per heavy atom. The maximum atomic E-state index is 9.09. The topological polar surface area (TPSA) is 20.2 Å². The molecular formula is C11H14O. The molecule has 0 bridgehead atoms. The molecule has 12 heavy (non-hydrogen) atoms. The van der Waals surface area contributed by atoms with Gasteiger partial charge in [0, 0.05) is 5.92 Å². The van der Waals surface area contributed by atoms with Crippen LogP contribution in [0.4, 0.5) is 0 Å². The molecule has 0 heterocycles. The molecule has 1 nitrogen and oxygen atoms in total. The molecule has 1 atom stereocenters. The van der Waals surface area contributed by atoms with Gasteiger partial charge in [-0.15, -0.1) is 0 Å². The minimum atomic E-state index is 0.0891. The second-order valence-electron chi connectivity index (χ2n) is 2.99. The minimum absolute atomic E-state index is 0.0891. The second kappa shape index (κ2) is 4.07. The molecule has 0 aliphatic carbocycles. The molecule has 1 heteroatoms. The van der Waals surface area contributed by atoms with Crippen molar-refractivity contribution in [3.05, 3.63) is 48.0 Å². The molecule has 0 spiro atoms. The largest absolute Gasteiger partial charge is 0.395 e. The van der Waals surface area contributed by atoms with Crippen LogP contribution >= 0.6 is 0 Å². The van der Waals surface area contributed by atoms with Gasteiger partial charge in [-0.2, -0.15) is 0 Å². The summed E-state index contributed by atoms with van der Waals surface area (Å²) in [6.07, 6.45) is 0. The monoisotopic (exact) mass is 162 g/mol. The van der Waals surface area contributed by atoms with Gasteiger partial charge in [0.2, 0.25) is 0 Å². The molecule has 0 aliphatic rings. The first-order valence-electron chi connectivity index (χ1n) is 4.07. The van der Waals surface area contributed by atoms with Crippen molar-refractivity contribution >= 4 is 0 Å². The highest BCUT2D eigenvalue weighted by molar-refractivity contribution is 5.26. The number of hydrogen-bond donors (Lipinski definition) is 1. The van der Waals surface area contributed by atoms with Gasteiger partial charge in [0.25, 0.3) is 0 Å². The normalized spacial score (nSPS) is 12.5. The van der Waals surface area contributed by atoms with E-state index in [2.05, 4.69) is 6.58 Å². The summed E-state index contributed by atoms with van der Waals surface area (Å²) in [6, 6.07) is 9.93. The molecule has 64 valence electrons. The molecule has 0 radical (unpaired) electrons. The van der Waals surface area contributed by atoms with Crippen LogP contribution in [0.25, 0.3) is 0 Å². The maximum Gasteiger partial charge on any atom is 0.0536 e. The van der Waals surface area contributed by atoms with Gasteiger partial charge in [-0.1, -0.05) is 42.5 Å². The zero-order chi connectivity index (χ0) is 8.97. The Bertz CT molecular complexity index is 251. The average Bonchev–Trinajstić information content (AvgIpc) is 2.07. The van der Waals surface area contributed by atoms with E-state index >= 15 is 0 Å². The smallest absolute Gasteiger partial charge is 0.0536 e. The highest BCUT2D eigenvalue weighted by Gasteiger charge is 2.09. The third kappa shape index (κ3) is 1.95. The van der Waals surface area contributed by atoms with E-state index in [0.717, 1.165) is 11.1 Å². The molecule has 0 aromatic heterocycles. The summed E-state index contributed by atoms with van der Waals surface area (Å²) in [6.45, 7) is 5.92. The third-order valence-corrected chi connectivity index (χ3v) is 1.98. The molecule has 0 unspecified atom stereocenters. The lowest BCUT2D eigenvalue weighted by Gasteiger charge is -2.13. The van der Waals surface area contributed by atoms with Gasteiger partial charge < -0.3 is 5.11 Å². The molecule has 1 rings (SSSR count). The summed E-state index contributed by atoms with van der Waals surface area (Å²) in [7, 11) is 0. The first-order valence-corrected chi connectivity index (χ1v) is 4.07. The van der Waals surface area contributed by atoms with Gasteiger partial charge in [-0.3, -0.25) is 0 Å². The number of aliphatic hydroxyl groups excluding tert-OH is 1. The van der Waals surface area contributed by atoms with Gasteiger partial charge >= 0.3 is 0 Å². The zero-order valence-electron chi connectivity index (χ0n) is 7.33. The predicted octanol–water partition coefficient (Wildman–Crippen LogP) is 2.34. The van der Waals surface area contributed by atoms with Crippen molar-refractivity contribution < 1.29 is 5.11 Å². The summed E-state index contributed by atoms with van der Waals surface area (Å²) in [5.74, 6) is 0.0891. The van der Waals surface area contributed by atoms with Crippen LogP contribution in [-0.4, -0.2) is 11.7 Å². The molecule has 1 aromatic carbocycles. The summed E-state index contributed by atoms with van der Waals surface area (Å²) in [5.41, 5.74) is 2.14. The molecule has 0 saturated carbocycles. The Hall–Kier alpha value is -1.08. The highest BCUT2D eigenvalue weighted by Crippen LogP contribution is 2.21. The first-order chi connectivity index (χ1) is 5.75. The number of benzene rings is 1. The lowest BCUT2D eigenvalue weighted by molar-refractivity contribution is 0.279. The second-order valence-corrected chi connectivity index (χ2v) is 2.99. The average molecular weight is 162 g/mol. The van der Waals surface area contributed by atoms with Gasteiger partial charge in [0.1, 0.15) is 0 Å². The summed E-state index contributed by atoms with van der Waals surface area (Å²) >= 11 is 0. The van der Waals surface area contributed by atoms with Crippen molar-refractivity contribution in [2.24, 2.45) is 0 Å². The van der Waals surface area contributed by atoms with Crippen LogP contribution in [0.3, 0.4) is 0 Å². The van der Waals surface area contributed by atoms with Crippen LogP contribution in [-0.2, 0) is 0 Å². The van der Waals surface area contributed by atoms with E-state index in [1.54, 1.807) is 0 Å². The zero-order valence-corrected chi connectivity index (χ0v) is 7.33. The highest BCUT2D eigenvalue weighted by atomic mass is 16.3.